The Hall–Kier alpha value is -0.810. The minimum Gasteiger partial charge on any atom is -0.481 e. The molecule has 0 amide bonds. The van der Waals surface area contributed by atoms with Gasteiger partial charge in [0.2, 0.25) is 0 Å². The first kappa shape index (κ1) is 20.5. The molecule has 0 aromatic heterocycles. The van der Waals surface area contributed by atoms with Crippen LogP contribution in [0.3, 0.4) is 0 Å². The summed E-state index contributed by atoms with van der Waals surface area (Å²) >= 11 is 0. The van der Waals surface area contributed by atoms with E-state index in [1.165, 1.54) is 0 Å². The van der Waals surface area contributed by atoms with Crippen molar-refractivity contribution in [2.45, 2.75) is 53.5 Å². The van der Waals surface area contributed by atoms with Gasteiger partial charge in [-0.25, -0.2) is 0 Å². The zero-order valence-corrected chi connectivity index (χ0v) is 13.3. The molecule has 4 N–H and O–H groups in total. The number of aliphatic carboxylic acids is 2. The largest absolute Gasteiger partial charge is 0.481 e. The van der Waals surface area contributed by atoms with Crippen molar-refractivity contribution in [3.63, 3.8) is 0 Å². The molecule has 0 saturated carbocycles. The van der Waals surface area contributed by atoms with Crippen LogP contribution in [0.4, 0.5) is 0 Å². The third kappa shape index (κ3) is 4.35. The Kier molecular flexibility index (Phi) is 6.58. The summed E-state index contributed by atoms with van der Waals surface area (Å²) in [6, 6.07) is 0. The van der Waals surface area contributed by atoms with Crippen molar-refractivity contribution in [2.75, 3.05) is 0 Å². The summed E-state index contributed by atoms with van der Waals surface area (Å²) in [5.41, 5.74) is 3.28. The molecule has 0 aliphatic rings. The van der Waals surface area contributed by atoms with E-state index in [1.54, 1.807) is 20.8 Å². The highest BCUT2D eigenvalue weighted by molar-refractivity contribution is 5.85. The predicted octanol–water partition coefficient (Wildman–Crippen LogP) is 2.37. The van der Waals surface area contributed by atoms with E-state index in [9.17, 15) is 14.7 Å². The molecule has 1 unspecified atom stereocenters. The van der Waals surface area contributed by atoms with Crippen LogP contribution < -0.4 is 5.73 Å². The fraction of sp³-hybridized carbons (Fsp3) is 0.846. The van der Waals surface area contributed by atoms with Crippen molar-refractivity contribution in [3.8, 4) is 0 Å². The average Bonchev–Trinajstić information content (AvgIpc) is 2.08. The van der Waals surface area contributed by atoms with Crippen LogP contribution in [0, 0.1) is 16.7 Å². The van der Waals surface area contributed by atoms with Crippen LogP contribution in [-0.4, -0.2) is 27.7 Å². The van der Waals surface area contributed by atoms with E-state index in [1.807, 2.05) is 20.8 Å². The van der Waals surface area contributed by atoms with Gasteiger partial charge in [0, 0.05) is 5.92 Å². The summed E-state index contributed by atoms with van der Waals surface area (Å²) < 4.78 is 0. The third-order valence-electron chi connectivity index (χ3n) is 3.57. The highest BCUT2D eigenvalue weighted by atomic mass is 35.5. The van der Waals surface area contributed by atoms with E-state index in [0.29, 0.717) is 0 Å². The van der Waals surface area contributed by atoms with Gasteiger partial charge in [0.05, 0.1) is 6.42 Å². The minimum atomic E-state index is -1.59. The first-order valence-corrected chi connectivity index (χ1v) is 5.98. The SMILES string of the molecule is CC(C)(C)C(CC(=O)O)[C@@](N)(C(=O)O)C(C)(C)C.Cl. The summed E-state index contributed by atoms with van der Waals surface area (Å²) in [7, 11) is 0. The molecule has 0 aliphatic heterocycles. The Labute approximate surface area is 121 Å². The smallest absolute Gasteiger partial charge is 0.324 e. The maximum Gasteiger partial charge on any atom is 0.324 e. The van der Waals surface area contributed by atoms with Crippen molar-refractivity contribution in [1.29, 1.82) is 0 Å². The topological polar surface area (TPSA) is 101 Å². The number of rotatable bonds is 4. The van der Waals surface area contributed by atoms with Crippen LogP contribution in [0.1, 0.15) is 48.0 Å². The van der Waals surface area contributed by atoms with Crippen LogP contribution in [-0.2, 0) is 9.59 Å². The van der Waals surface area contributed by atoms with Crippen molar-refractivity contribution in [2.24, 2.45) is 22.5 Å². The lowest BCUT2D eigenvalue weighted by Gasteiger charge is -2.48. The molecule has 19 heavy (non-hydrogen) atoms. The van der Waals surface area contributed by atoms with Crippen molar-refractivity contribution in [1.82, 2.24) is 0 Å². The lowest BCUT2D eigenvalue weighted by molar-refractivity contribution is -0.157. The van der Waals surface area contributed by atoms with Gasteiger partial charge < -0.3 is 15.9 Å². The molecule has 0 heterocycles. The molecule has 0 spiro atoms. The number of halogens is 1. The van der Waals surface area contributed by atoms with Crippen LogP contribution in [0.2, 0.25) is 0 Å². The Morgan fingerprint density at radius 3 is 1.58 bits per heavy atom. The Balaban J connectivity index is 0. The van der Waals surface area contributed by atoms with Gasteiger partial charge in [0.25, 0.3) is 0 Å². The molecule has 6 heteroatoms. The van der Waals surface area contributed by atoms with Crippen LogP contribution in [0.15, 0.2) is 0 Å². The monoisotopic (exact) mass is 295 g/mol. The zero-order valence-electron chi connectivity index (χ0n) is 12.5. The van der Waals surface area contributed by atoms with Crippen LogP contribution in [0.25, 0.3) is 0 Å². The van der Waals surface area contributed by atoms with E-state index < -0.39 is 34.2 Å². The molecule has 114 valence electrons. The lowest BCUT2D eigenvalue weighted by Crippen LogP contribution is -2.65. The highest BCUT2D eigenvalue weighted by Crippen LogP contribution is 2.44. The van der Waals surface area contributed by atoms with Gasteiger partial charge in [-0.2, -0.15) is 0 Å². The van der Waals surface area contributed by atoms with Crippen molar-refractivity contribution < 1.29 is 19.8 Å². The van der Waals surface area contributed by atoms with Crippen LogP contribution >= 0.6 is 12.4 Å². The molecule has 0 radical (unpaired) electrons. The van der Waals surface area contributed by atoms with Crippen LogP contribution in [0.5, 0.6) is 0 Å². The number of hydrogen-bond donors (Lipinski definition) is 3. The Bertz CT molecular complexity index is 344. The maximum atomic E-state index is 11.6. The fourth-order valence-electron chi connectivity index (χ4n) is 2.32. The molecule has 5 nitrogen and oxygen atoms in total. The average molecular weight is 296 g/mol. The van der Waals surface area contributed by atoms with E-state index >= 15 is 0 Å². The fourth-order valence-corrected chi connectivity index (χ4v) is 2.32. The molecule has 0 saturated heterocycles. The second-order valence-electron chi connectivity index (χ2n) is 6.94. The maximum absolute atomic E-state index is 11.6. The number of carbonyl (C=O) groups is 2. The van der Waals surface area contributed by atoms with Crippen molar-refractivity contribution in [3.05, 3.63) is 0 Å². The van der Waals surface area contributed by atoms with Gasteiger partial charge >= 0.3 is 11.9 Å². The molecular weight excluding hydrogens is 270 g/mol. The molecule has 0 aromatic carbocycles. The predicted molar refractivity (Wildman–Crippen MR) is 76.5 cm³/mol. The second kappa shape index (κ2) is 6.09. The van der Waals surface area contributed by atoms with Crippen molar-refractivity contribution >= 4 is 24.3 Å². The quantitative estimate of drug-likeness (QED) is 0.739. The summed E-state index contributed by atoms with van der Waals surface area (Å²) in [5, 5.41) is 18.5. The summed E-state index contributed by atoms with van der Waals surface area (Å²) in [6.45, 7) is 10.6. The zero-order chi connectivity index (χ0) is 14.9. The third-order valence-corrected chi connectivity index (χ3v) is 3.57. The highest BCUT2D eigenvalue weighted by Gasteiger charge is 2.55. The molecule has 0 aliphatic carbocycles. The van der Waals surface area contributed by atoms with Gasteiger partial charge in [0.15, 0.2) is 0 Å². The minimum absolute atomic E-state index is 0. The lowest BCUT2D eigenvalue weighted by atomic mass is 9.58. The van der Waals surface area contributed by atoms with E-state index in [-0.39, 0.29) is 18.8 Å². The van der Waals surface area contributed by atoms with E-state index in [2.05, 4.69) is 0 Å². The van der Waals surface area contributed by atoms with Gasteiger partial charge in [-0.05, 0) is 10.8 Å². The molecule has 0 rings (SSSR count). The summed E-state index contributed by atoms with van der Waals surface area (Å²) in [5.74, 6) is -2.86. The van der Waals surface area contributed by atoms with E-state index in [0.717, 1.165) is 0 Å². The standard InChI is InChI=1S/C13H25NO4.ClH/c1-11(2,3)8(7-9(15)16)13(14,10(17)18)12(4,5)6;/h8H,7,14H2,1-6H3,(H,15,16)(H,17,18);1H/t8?,13-;/m1./s1. The molecule has 0 bridgehead atoms. The summed E-state index contributed by atoms with van der Waals surface area (Å²) in [6.07, 6.45) is -0.260. The molecule has 0 aromatic rings. The van der Waals surface area contributed by atoms with Gasteiger partial charge in [-0.1, -0.05) is 41.5 Å². The van der Waals surface area contributed by atoms with Gasteiger partial charge in [-0.15, -0.1) is 12.4 Å². The normalized spacial score (nSPS) is 17.0. The molecule has 0 fully saturated rings. The molecular formula is C13H26ClNO4. The Morgan fingerprint density at radius 1 is 1.05 bits per heavy atom. The van der Waals surface area contributed by atoms with E-state index in [4.69, 9.17) is 10.8 Å². The second-order valence-corrected chi connectivity index (χ2v) is 6.94. The first-order chi connectivity index (χ1) is 7.74. The Morgan fingerprint density at radius 2 is 1.42 bits per heavy atom. The number of carboxylic acid groups (broad SMARTS) is 2. The molecule has 2 atom stereocenters. The summed E-state index contributed by atoms with van der Waals surface area (Å²) in [4.78, 5) is 22.6. The van der Waals surface area contributed by atoms with Gasteiger partial charge in [0.1, 0.15) is 5.54 Å². The first-order valence-electron chi connectivity index (χ1n) is 5.98. The number of hydrogen-bond acceptors (Lipinski definition) is 3. The number of nitrogens with two attached hydrogens (primary N) is 1. The van der Waals surface area contributed by atoms with Gasteiger partial charge in [-0.3, -0.25) is 9.59 Å². The number of carboxylic acids is 2.